The SMILES string of the molecule is COc1ccc(Br)c(CC(N)c2cccc(Cl)c2C)c1. The Kier molecular flexibility index (Phi) is 5.08. The van der Waals surface area contributed by atoms with Crippen LogP contribution in [0.4, 0.5) is 0 Å². The van der Waals surface area contributed by atoms with E-state index in [1.165, 1.54) is 0 Å². The maximum Gasteiger partial charge on any atom is 0.119 e. The van der Waals surface area contributed by atoms with Crippen molar-refractivity contribution in [2.24, 2.45) is 5.73 Å². The third kappa shape index (κ3) is 3.35. The molecule has 0 radical (unpaired) electrons. The van der Waals surface area contributed by atoms with E-state index in [4.69, 9.17) is 22.1 Å². The lowest BCUT2D eigenvalue weighted by atomic mass is 9.96. The van der Waals surface area contributed by atoms with Gasteiger partial charge in [-0.25, -0.2) is 0 Å². The zero-order valence-electron chi connectivity index (χ0n) is 11.5. The molecule has 106 valence electrons. The van der Waals surface area contributed by atoms with Crippen LogP contribution in [0.25, 0.3) is 0 Å². The summed E-state index contributed by atoms with van der Waals surface area (Å²) in [6, 6.07) is 11.6. The molecule has 0 aliphatic heterocycles. The van der Waals surface area contributed by atoms with Gasteiger partial charge in [0.25, 0.3) is 0 Å². The monoisotopic (exact) mass is 353 g/mol. The molecule has 0 heterocycles. The molecule has 4 heteroatoms. The van der Waals surface area contributed by atoms with Gasteiger partial charge >= 0.3 is 0 Å². The number of benzene rings is 2. The quantitative estimate of drug-likeness (QED) is 0.866. The maximum atomic E-state index is 6.34. The van der Waals surface area contributed by atoms with Gasteiger partial charge in [-0.3, -0.25) is 0 Å². The van der Waals surface area contributed by atoms with Gasteiger partial charge in [0.2, 0.25) is 0 Å². The highest BCUT2D eigenvalue weighted by Gasteiger charge is 2.13. The predicted octanol–water partition coefficient (Wildman–Crippen LogP) is 4.66. The lowest BCUT2D eigenvalue weighted by Gasteiger charge is -2.17. The molecule has 0 saturated heterocycles. The standard InChI is InChI=1S/C16H17BrClNO/c1-10-13(4-3-5-15(10)18)16(19)9-11-8-12(20-2)6-7-14(11)17/h3-8,16H,9,19H2,1-2H3. The molecule has 0 fully saturated rings. The lowest BCUT2D eigenvalue weighted by Crippen LogP contribution is -2.15. The molecular formula is C16H17BrClNO. The molecular weight excluding hydrogens is 338 g/mol. The largest absolute Gasteiger partial charge is 0.497 e. The second kappa shape index (κ2) is 6.61. The van der Waals surface area contributed by atoms with Crippen molar-refractivity contribution < 1.29 is 4.74 Å². The van der Waals surface area contributed by atoms with E-state index in [9.17, 15) is 0 Å². The summed E-state index contributed by atoms with van der Waals surface area (Å²) in [6.45, 7) is 2.00. The molecule has 0 aliphatic carbocycles. The predicted molar refractivity (Wildman–Crippen MR) is 87.5 cm³/mol. The fraction of sp³-hybridized carbons (Fsp3) is 0.250. The molecule has 1 atom stereocenters. The van der Waals surface area contributed by atoms with Crippen LogP contribution in [0.15, 0.2) is 40.9 Å². The van der Waals surface area contributed by atoms with Crippen LogP contribution in [0.5, 0.6) is 5.75 Å². The van der Waals surface area contributed by atoms with Gasteiger partial charge < -0.3 is 10.5 Å². The number of methoxy groups -OCH3 is 1. The molecule has 2 nitrogen and oxygen atoms in total. The molecule has 2 aromatic rings. The number of hydrogen-bond acceptors (Lipinski definition) is 2. The van der Waals surface area contributed by atoms with E-state index < -0.39 is 0 Å². The van der Waals surface area contributed by atoms with Gasteiger partial charge in [-0.15, -0.1) is 0 Å². The minimum absolute atomic E-state index is 0.0999. The number of halogens is 2. The minimum atomic E-state index is -0.0999. The van der Waals surface area contributed by atoms with Crippen LogP contribution in [0, 0.1) is 6.92 Å². The molecule has 1 unspecified atom stereocenters. The molecule has 0 aromatic heterocycles. The normalized spacial score (nSPS) is 12.2. The first-order chi connectivity index (χ1) is 9.52. The van der Waals surface area contributed by atoms with Crippen LogP contribution in [-0.2, 0) is 6.42 Å². The summed E-state index contributed by atoms with van der Waals surface area (Å²) in [7, 11) is 1.66. The highest BCUT2D eigenvalue weighted by molar-refractivity contribution is 9.10. The third-order valence-electron chi connectivity index (χ3n) is 3.40. The molecule has 2 N–H and O–H groups in total. The zero-order chi connectivity index (χ0) is 14.7. The van der Waals surface area contributed by atoms with Gasteiger partial charge in [0.1, 0.15) is 5.75 Å². The van der Waals surface area contributed by atoms with Crippen molar-refractivity contribution in [1.82, 2.24) is 0 Å². The summed E-state index contributed by atoms with van der Waals surface area (Å²) >= 11 is 9.71. The molecule has 20 heavy (non-hydrogen) atoms. The topological polar surface area (TPSA) is 35.2 Å². The Labute approximate surface area is 133 Å². The maximum absolute atomic E-state index is 6.34. The summed E-state index contributed by atoms with van der Waals surface area (Å²) in [5.41, 5.74) is 9.58. The van der Waals surface area contributed by atoms with Crippen molar-refractivity contribution in [1.29, 1.82) is 0 Å². The van der Waals surface area contributed by atoms with Gasteiger partial charge in [0.05, 0.1) is 7.11 Å². The van der Waals surface area contributed by atoms with Crippen LogP contribution in [0.2, 0.25) is 5.02 Å². The molecule has 0 aliphatic rings. The Morgan fingerprint density at radius 3 is 2.75 bits per heavy atom. The van der Waals surface area contributed by atoms with E-state index in [1.54, 1.807) is 7.11 Å². The first-order valence-electron chi connectivity index (χ1n) is 6.36. The fourth-order valence-corrected chi connectivity index (χ4v) is 2.80. The first kappa shape index (κ1) is 15.4. The van der Waals surface area contributed by atoms with Crippen LogP contribution in [-0.4, -0.2) is 7.11 Å². The van der Waals surface area contributed by atoms with E-state index in [-0.39, 0.29) is 6.04 Å². The zero-order valence-corrected chi connectivity index (χ0v) is 13.8. The van der Waals surface area contributed by atoms with Crippen molar-refractivity contribution >= 4 is 27.5 Å². The van der Waals surface area contributed by atoms with Gasteiger partial charge in [-0.2, -0.15) is 0 Å². The van der Waals surface area contributed by atoms with Crippen molar-refractivity contribution in [3.8, 4) is 5.75 Å². The summed E-state index contributed by atoms with van der Waals surface area (Å²) < 4.78 is 6.29. The van der Waals surface area contributed by atoms with E-state index in [0.717, 1.165) is 38.4 Å². The van der Waals surface area contributed by atoms with Crippen molar-refractivity contribution in [2.45, 2.75) is 19.4 Å². The molecule has 0 saturated carbocycles. The summed E-state index contributed by atoms with van der Waals surface area (Å²) in [5, 5.41) is 0.752. The van der Waals surface area contributed by atoms with Crippen molar-refractivity contribution in [3.63, 3.8) is 0 Å². The average molecular weight is 355 g/mol. The molecule has 0 amide bonds. The fourth-order valence-electron chi connectivity index (χ4n) is 2.21. The van der Waals surface area contributed by atoms with E-state index in [1.807, 2.05) is 43.3 Å². The summed E-state index contributed by atoms with van der Waals surface area (Å²) in [5.74, 6) is 0.832. The van der Waals surface area contributed by atoms with Gasteiger partial charge in [-0.1, -0.05) is 39.7 Å². The smallest absolute Gasteiger partial charge is 0.119 e. The van der Waals surface area contributed by atoms with Crippen molar-refractivity contribution in [3.05, 3.63) is 62.6 Å². The molecule has 0 bridgehead atoms. The highest BCUT2D eigenvalue weighted by Crippen LogP contribution is 2.29. The molecule has 0 spiro atoms. The van der Waals surface area contributed by atoms with E-state index >= 15 is 0 Å². The van der Waals surface area contributed by atoms with Crippen molar-refractivity contribution in [2.75, 3.05) is 7.11 Å². The van der Waals surface area contributed by atoms with Gasteiger partial charge in [0, 0.05) is 15.5 Å². The Hall–Kier alpha value is -1.03. The lowest BCUT2D eigenvalue weighted by molar-refractivity contribution is 0.414. The Morgan fingerprint density at radius 1 is 1.30 bits per heavy atom. The van der Waals surface area contributed by atoms with Gasteiger partial charge in [0.15, 0.2) is 0 Å². The van der Waals surface area contributed by atoms with Gasteiger partial charge in [-0.05, 0) is 54.3 Å². The third-order valence-corrected chi connectivity index (χ3v) is 4.58. The summed E-state index contributed by atoms with van der Waals surface area (Å²) in [4.78, 5) is 0. The Morgan fingerprint density at radius 2 is 2.05 bits per heavy atom. The average Bonchev–Trinajstić information content (AvgIpc) is 2.44. The Bertz CT molecular complexity index is 615. The minimum Gasteiger partial charge on any atom is -0.497 e. The Balaban J connectivity index is 2.27. The number of rotatable bonds is 4. The van der Waals surface area contributed by atoms with E-state index in [2.05, 4.69) is 15.9 Å². The second-order valence-corrected chi connectivity index (χ2v) is 5.98. The summed E-state index contributed by atoms with van der Waals surface area (Å²) in [6.07, 6.45) is 0.721. The highest BCUT2D eigenvalue weighted by atomic mass is 79.9. The molecule has 2 rings (SSSR count). The van der Waals surface area contributed by atoms with Crippen LogP contribution >= 0.6 is 27.5 Å². The number of ether oxygens (including phenoxy) is 1. The molecule has 2 aromatic carbocycles. The number of nitrogens with two attached hydrogens (primary N) is 1. The first-order valence-corrected chi connectivity index (χ1v) is 7.53. The number of hydrogen-bond donors (Lipinski definition) is 1. The van der Waals surface area contributed by atoms with Crippen LogP contribution < -0.4 is 10.5 Å². The van der Waals surface area contributed by atoms with Crippen LogP contribution in [0.3, 0.4) is 0 Å². The second-order valence-electron chi connectivity index (χ2n) is 4.72. The van der Waals surface area contributed by atoms with Crippen LogP contribution in [0.1, 0.15) is 22.7 Å². The van der Waals surface area contributed by atoms with E-state index in [0.29, 0.717) is 0 Å².